The lowest BCUT2D eigenvalue weighted by Crippen LogP contribution is -2.27. The third-order valence-electron chi connectivity index (χ3n) is 5.16. The van der Waals surface area contributed by atoms with E-state index in [2.05, 4.69) is 12.1 Å². The van der Waals surface area contributed by atoms with Crippen LogP contribution in [-0.2, 0) is 11.2 Å². The molecule has 0 aromatic heterocycles. The first-order valence-electron chi connectivity index (χ1n) is 8.75. The van der Waals surface area contributed by atoms with Crippen molar-refractivity contribution in [2.75, 3.05) is 0 Å². The molecule has 2 aromatic rings. The molecule has 0 atom stereocenters. The number of hydrogen-bond acceptors (Lipinski definition) is 3. The minimum absolute atomic E-state index is 0.218. The molecule has 0 N–H and O–H groups in total. The fourth-order valence-electron chi connectivity index (χ4n) is 3.72. The van der Waals surface area contributed by atoms with Crippen LogP contribution in [0, 0.1) is 5.92 Å². The van der Waals surface area contributed by atoms with E-state index < -0.39 is 0 Å². The van der Waals surface area contributed by atoms with E-state index in [4.69, 9.17) is 9.47 Å². The molecule has 2 aromatic carbocycles. The Labute approximate surface area is 142 Å². The number of ether oxygens (including phenoxy) is 2. The first-order chi connectivity index (χ1) is 11.7. The summed E-state index contributed by atoms with van der Waals surface area (Å²) in [4.78, 5) is 11.5. The molecule has 1 saturated carbocycles. The van der Waals surface area contributed by atoms with Crippen molar-refractivity contribution in [3.63, 3.8) is 0 Å². The highest BCUT2D eigenvalue weighted by atomic mass is 16.5. The minimum atomic E-state index is 0.218. The van der Waals surface area contributed by atoms with Gasteiger partial charge in [0.2, 0.25) is 0 Å². The molecule has 4 rings (SSSR count). The van der Waals surface area contributed by atoms with Crippen LogP contribution in [0.5, 0.6) is 17.2 Å². The van der Waals surface area contributed by atoms with Crippen LogP contribution in [-0.4, -0.2) is 11.9 Å². The molecule has 24 heavy (non-hydrogen) atoms. The number of para-hydroxylation sites is 1. The smallest absolute Gasteiger partial charge is 0.132 e. The van der Waals surface area contributed by atoms with Crippen molar-refractivity contribution in [1.82, 2.24) is 0 Å². The van der Waals surface area contributed by atoms with Gasteiger partial charge in [-0.1, -0.05) is 18.2 Å². The molecule has 0 spiro atoms. The number of hydrogen-bond donors (Lipinski definition) is 0. The second-order valence-corrected chi connectivity index (χ2v) is 6.86. The van der Waals surface area contributed by atoms with Gasteiger partial charge in [-0.05, 0) is 62.4 Å². The summed E-state index contributed by atoms with van der Waals surface area (Å²) in [6, 6.07) is 14.2. The Hall–Kier alpha value is -2.29. The second-order valence-electron chi connectivity index (χ2n) is 6.86. The fourth-order valence-corrected chi connectivity index (χ4v) is 3.72. The van der Waals surface area contributed by atoms with Crippen LogP contribution in [0.25, 0.3) is 0 Å². The van der Waals surface area contributed by atoms with Gasteiger partial charge >= 0.3 is 0 Å². The summed E-state index contributed by atoms with van der Waals surface area (Å²) < 4.78 is 12.1. The van der Waals surface area contributed by atoms with E-state index in [-0.39, 0.29) is 12.0 Å². The van der Waals surface area contributed by atoms with Crippen molar-refractivity contribution >= 4 is 5.78 Å². The van der Waals surface area contributed by atoms with Gasteiger partial charge in [-0.3, -0.25) is 4.79 Å². The molecule has 124 valence electrons. The van der Waals surface area contributed by atoms with Gasteiger partial charge in [0.05, 0.1) is 6.10 Å². The van der Waals surface area contributed by atoms with E-state index in [0.29, 0.717) is 5.78 Å². The van der Waals surface area contributed by atoms with Crippen LogP contribution in [0.1, 0.15) is 43.7 Å². The molecule has 1 aliphatic heterocycles. The van der Waals surface area contributed by atoms with Gasteiger partial charge < -0.3 is 9.47 Å². The Kier molecular flexibility index (Phi) is 4.01. The number of fused-ring (bicyclic) bond motifs is 2. The van der Waals surface area contributed by atoms with Crippen molar-refractivity contribution in [3.05, 3.63) is 53.6 Å². The van der Waals surface area contributed by atoms with Crippen molar-refractivity contribution in [2.45, 2.75) is 45.1 Å². The van der Waals surface area contributed by atoms with Crippen LogP contribution in [0.4, 0.5) is 0 Å². The van der Waals surface area contributed by atoms with Crippen LogP contribution in [0.2, 0.25) is 0 Å². The van der Waals surface area contributed by atoms with Gasteiger partial charge in [-0.2, -0.15) is 0 Å². The predicted octanol–water partition coefficient (Wildman–Crippen LogP) is 4.91. The normalized spacial score (nSPS) is 22.0. The maximum Gasteiger partial charge on any atom is 0.132 e. The molecule has 0 unspecified atom stereocenters. The molecule has 3 nitrogen and oxygen atoms in total. The molecular formula is C21H22O3. The Morgan fingerprint density at radius 2 is 1.75 bits per heavy atom. The first kappa shape index (κ1) is 15.3. The lowest BCUT2D eigenvalue weighted by atomic mass is 9.85. The zero-order valence-electron chi connectivity index (χ0n) is 14.0. The van der Waals surface area contributed by atoms with Crippen LogP contribution < -0.4 is 9.47 Å². The van der Waals surface area contributed by atoms with Gasteiger partial charge in [0.25, 0.3) is 0 Å². The van der Waals surface area contributed by atoms with Gasteiger partial charge in [0, 0.05) is 17.9 Å². The van der Waals surface area contributed by atoms with Gasteiger partial charge in [-0.25, -0.2) is 0 Å². The van der Waals surface area contributed by atoms with E-state index in [1.165, 1.54) is 11.1 Å². The van der Waals surface area contributed by atoms with E-state index in [1.54, 1.807) is 6.92 Å². The molecule has 3 heteroatoms. The number of carbonyl (C=O) groups excluding carboxylic acids is 1. The average molecular weight is 322 g/mol. The lowest BCUT2D eigenvalue weighted by molar-refractivity contribution is -0.122. The zero-order chi connectivity index (χ0) is 16.5. The highest BCUT2D eigenvalue weighted by molar-refractivity contribution is 5.78. The SMILES string of the molecule is CC(=O)[C@H]1CC[C@@H](Oc2ccc3c(c2)Cc2ccccc2O3)CC1. The predicted molar refractivity (Wildman–Crippen MR) is 92.8 cm³/mol. The molecule has 0 bridgehead atoms. The Morgan fingerprint density at radius 1 is 1.00 bits per heavy atom. The number of carbonyl (C=O) groups is 1. The van der Waals surface area contributed by atoms with E-state index in [0.717, 1.165) is 49.4 Å². The molecule has 0 saturated heterocycles. The number of Topliss-reactive ketones (excluding diaryl/α,β-unsaturated/α-hetero) is 1. The highest BCUT2D eigenvalue weighted by Gasteiger charge is 2.25. The summed E-state index contributed by atoms with van der Waals surface area (Å²) in [5.41, 5.74) is 2.38. The van der Waals surface area contributed by atoms with Gasteiger partial charge in [0.15, 0.2) is 0 Å². The standard InChI is InChI=1S/C21H22O3/c1-14(22)15-6-8-18(9-7-15)23-19-10-11-21-17(13-19)12-16-4-2-3-5-20(16)24-21/h2-5,10-11,13,15,18H,6-9,12H2,1H3/t15-,18+. The Morgan fingerprint density at radius 3 is 2.54 bits per heavy atom. The largest absolute Gasteiger partial charge is 0.490 e. The molecule has 2 aliphatic rings. The molecule has 1 aliphatic carbocycles. The fraction of sp³-hybridized carbons (Fsp3) is 0.381. The van der Waals surface area contributed by atoms with Gasteiger partial charge in [-0.15, -0.1) is 0 Å². The van der Waals surface area contributed by atoms with Crippen molar-refractivity contribution in [3.8, 4) is 17.2 Å². The monoisotopic (exact) mass is 322 g/mol. The summed E-state index contributed by atoms with van der Waals surface area (Å²) >= 11 is 0. The van der Waals surface area contributed by atoms with Crippen LogP contribution >= 0.6 is 0 Å². The maximum atomic E-state index is 11.5. The number of benzene rings is 2. The van der Waals surface area contributed by atoms with E-state index in [1.807, 2.05) is 30.3 Å². The van der Waals surface area contributed by atoms with E-state index >= 15 is 0 Å². The topological polar surface area (TPSA) is 35.5 Å². The summed E-state index contributed by atoms with van der Waals surface area (Å²) in [6.45, 7) is 1.70. The Bertz CT molecular complexity index is 757. The van der Waals surface area contributed by atoms with Crippen LogP contribution in [0.3, 0.4) is 0 Å². The molecule has 0 radical (unpaired) electrons. The van der Waals surface area contributed by atoms with Crippen molar-refractivity contribution in [1.29, 1.82) is 0 Å². The molecule has 1 heterocycles. The summed E-state index contributed by atoms with van der Waals surface area (Å²) in [5.74, 6) is 3.32. The van der Waals surface area contributed by atoms with E-state index in [9.17, 15) is 4.79 Å². The summed E-state index contributed by atoms with van der Waals surface area (Å²) in [6.07, 6.45) is 4.90. The maximum absolute atomic E-state index is 11.5. The third-order valence-corrected chi connectivity index (χ3v) is 5.16. The number of ketones is 1. The third kappa shape index (κ3) is 3.03. The number of rotatable bonds is 3. The summed E-state index contributed by atoms with van der Waals surface area (Å²) in [5, 5.41) is 0. The average Bonchev–Trinajstić information content (AvgIpc) is 2.60. The highest BCUT2D eigenvalue weighted by Crippen LogP contribution is 2.38. The molecule has 0 amide bonds. The molecule has 1 fully saturated rings. The minimum Gasteiger partial charge on any atom is -0.490 e. The Balaban J connectivity index is 1.45. The van der Waals surface area contributed by atoms with Crippen LogP contribution in [0.15, 0.2) is 42.5 Å². The second kappa shape index (κ2) is 6.31. The first-order valence-corrected chi connectivity index (χ1v) is 8.75. The van der Waals surface area contributed by atoms with Crippen molar-refractivity contribution < 1.29 is 14.3 Å². The van der Waals surface area contributed by atoms with Gasteiger partial charge in [0.1, 0.15) is 23.0 Å². The zero-order valence-corrected chi connectivity index (χ0v) is 14.0. The quantitative estimate of drug-likeness (QED) is 0.687. The van der Waals surface area contributed by atoms with Crippen molar-refractivity contribution in [2.24, 2.45) is 5.92 Å². The lowest BCUT2D eigenvalue weighted by Gasteiger charge is -2.28. The molecular weight excluding hydrogens is 300 g/mol. The summed E-state index contributed by atoms with van der Waals surface area (Å²) in [7, 11) is 0.